The molecule has 0 spiro atoms. The maximum Gasteiger partial charge on any atom is 0.162 e. The second-order valence-corrected chi connectivity index (χ2v) is 6.40. The molecule has 1 heterocycles. The Morgan fingerprint density at radius 2 is 1.96 bits per heavy atom. The van der Waals surface area contributed by atoms with E-state index in [0.717, 1.165) is 25.8 Å². The number of aromatic nitrogens is 2. The molecule has 1 aromatic carbocycles. The summed E-state index contributed by atoms with van der Waals surface area (Å²) in [4.78, 5) is 21.6. The molecule has 2 rings (SSSR count). The van der Waals surface area contributed by atoms with E-state index in [-0.39, 0.29) is 30.2 Å². The molecule has 0 bridgehead atoms. The van der Waals surface area contributed by atoms with E-state index >= 15 is 0 Å². The third kappa shape index (κ3) is 6.13. The fourth-order valence-electron chi connectivity index (χ4n) is 2.61. The minimum Gasteiger partial charge on any atom is -0.488 e. The number of unbranched alkanes of at least 4 members (excludes halogenated alkanes) is 2. The van der Waals surface area contributed by atoms with Gasteiger partial charge in [0.1, 0.15) is 12.4 Å². The van der Waals surface area contributed by atoms with E-state index in [0.29, 0.717) is 17.6 Å². The van der Waals surface area contributed by atoms with Gasteiger partial charge in [-0.25, -0.2) is 14.4 Å². The Morgan fingerprint density at radius 3 is 2.61 bits per heavy atom. The highest BCUT2D eigenvalue weighted by molar-refractivity contribution is 5.84. The van der Waals surface area contributed by atoms with Crippen LogP contribution in [0, 0.1) is 5.82 Å². The van der Waals surface area contributed by atoms with Crippen LogP contribution in [0.3, 0.4) is 0 Å². The summed E-state index contributed by atoms with van der Waals surface area (Å²) in [5.74, 6) is 0.00775. The van der Waals surface area contributed by atoms with Crippen LogP contribution in [0.4, 0.5) is 4.39 Å². The SMILES string of the molecule is CCCCCN(C)/C=C\c1cc(-c2ncc(OCCO)cn2)c(F)cc1C=O. The van der Waals surface area contributed by atoms with Gasteiger partial charge < -0.3 is 14.7 Å². The molecule has 0 saturated heterocycles. The molecule has 2 aromatic rings. The first-order chi connectivity index (χ1) is 13.6. The summed E-state index contributed by atoms with van der Waals surface area (Å²) in [6, 6.07) is 2.76. The number of carbonyl (C=O) groups is 1. The molecule has 1 N–H and O–H groups in total. The largest absolute Gasteiger partial charge is 0.488 e. The van der Waals surface area contributed by atoms with Gasteiger partial charge in [-0.3, -0.25) is 4.79 Å². The van der Waals surface area contributed by atoms with Crippen LogP contribution in [-0.2, 0) is 0 Å². The van der Waals surface area contributed by atoms with Gasteiger partial charge in [0.2, 0.25) is 0 Å². The number of hydrogen-bond donors (Lipinski definition) is 1. The highest BCUT2D eigenvalue weighted by atomic mass is 19.1. The monoisotopic (exact) mass is 387 g/mol. The van der Waals surface area contributed by atoms with Gasteiger partial charge in [-0.05, 0) is 36.4 Å². The number of hydrogen-bond acceptors (Lipinski definition) is 6. The van der Waals surface area contributed by atoms with Crippen molar-refractivity contribution in [2.24, 2.45) is 0 Å². The van der Waals surface area contributed by atoms with E-state index in [9.17, 15) is 9.18 Å². The van der Waals surface area contributed by atoms with Crippen molar-refractivity contribution in [3.05, 3.63) is 47.7 Å². The molecule has 0 aliphatic heterocycles. The third-order valence-electron chi connectivity index (χ3n) is 4.15. The standard InChI is InChI=1S/C21H26FN3O3/c1-3-4-5-7-25(2)8-6-16-11-19(20(22)12-17(16)15-27)21-23-13-18(14-24-21)28-10-9-26/h6,8,11-15,26H,3-5,7,9-10H2,1-2H3/b8-6-. The van der Waals surface area contributed by atoms with Crippen LogP contribution in [0.2, 0.25) is 0 Å². The Morgan fingerprint density at radius 1 is 1.21 bits per heavy atom. The van der Waals surface area contributed by atoms with Gasteiger partial charge >= 0.3 is 0 Å². The predicted molar refractivity (Wildman–Crippen MR) is 107 cm³/mol. The Kier molecular flexibility index (Phi) is 8.55. The van der Waals surface area contributed by atoms with Crippen LogP contribution < -0.4 is 4.74 Å². The van der Waals surface area contributed by atoms with Gasteiger partial charge in [-0.1, -0.05) is 19.8 Å². The zero-order chi connectivity index (χ0) is 20.4. The smallest absolute Gasteiger partial charge is 0.162 e. The first-order valence-electron chi connectivity index (χ1n) is 9.32. The van der Waals surface area contributed by atoms with E-state index in [1.54, 1.807) is 12.1 Å². The van der Waals surface area contributed by atoms with Crippen molar-refractivity contribution in [3.63, 3.8) is 0 Å². The van der Waals surface area contributed by atoms with Crippen molar-refractivity contribution in [2.75, 3.05) is 26.8 Å². The highest BCUT2D eigenvalue weighted by Crippen LogP contribution is 2.24. The van der Waals surface area contributed by atoms with Crippen LogP contribution in [0.5, 0.6) is 5.75 Å². The lowest BCUT2D eigenvalue weighted by atomic mass is 10.0. The molecule has 0 aliphatic carbocycles. The molecule has 150 valence electrons. The molecule has 6 nitrogen and oxygen atoms in total. The van der Waals surface area contributed by atoms with E-state index in [1.165, 1.54) is 18.5 Å². The summed E-state index contributed by atoms with van der Waals surface area (Å²) in [7, 11) is 1.96. The van der Waals surface area contributed by atoms with Gasteiger partial charge in [-0.15, -0.1) is 0 Å². The van der Waals surface area contributed by atoms with E-state index in [2.05, 4.69) is 16.9 Å². The molecule has 1 aromatic heterocycles. The molecule has 0 amide bonds. The van der Waals surface area contributed by atoms with Gasteiger partial charge in [-0.2, -0.15) is 0 Å². The summed E-state index contributed by atoms with van der Waals surface area (Å²) in [6.07, 6.45) is 10.5. The van der Waals surface area contributed by atoms with Crippen molar-refractivity contribution in [1.29, 1.82) is 0 Å². The molecule has 0 unspecified atom stereocenters. The van der Waals surface area contributed by atoms with Crippen molar-refractivity contribution < 1.29 is 19.0 Å². The van der Waals surface area contributed by atoms with E-state index in [4.69, 9.17) is 9.84 Å². The summed E-state index contributed by atoms with van der Waals surface area (Å²) in [6.45, 7) is 3.07. The molecular formula is C21H26FN3O3. The third-order valence-corrected chi connectivity index (χ3v) is 4.15. The van der Waals surface area contributed by atoms with Crippen LogP contribution >= 0.6 is 0 Å². The molecule has 0 saturated carbocycles. The number of aliphatic hydroxyl groups excluding tert-OH is 1. The summed E-state index contributed by atoms with van der Waals surface area (Å²) in [5, 5.41) is 8.77. The number of aliphatic hydroxyl groups is 1. The van der Waals surface area contributed by atoms with Crippen LogP contribution in [0.1, 0.15) is 42.1 Å². The first kappa shape index (κ1) is 21.5. The van der Waals surface area contributed by atoms with Crippen molar-refractivity contribution in [2.45, 2.75) is 26.2 Å². The predicted octanol–water partition coefficient (Wildman–Crippen LogP) is 3.56. The lowest BCUT2D eigenvalue weighted by Gasteiger charge is -2.13. The molecule has 7 heteroatoms. The minimum atomic E-state index is -0.570. The second kappa shape index (κ2) is 11.1. The summed E-state index contributed by atoms with van der Waals surface area (Å²) >= 11 is 0. The number of rotatable bonds is 11. The quantitative estimate of drug-likeness (QED) is 0.469. The first-order valence-corrected chi connectivity index (χ1v) is 9.32. The van der Waals surface area contributed by atoms with Gasteiger partial charge in [0.25, 0.3) is 0 Å². The maximum absolute atomic E-state index is 14.5. The van der Waals surface area contributed by atoms with Gasteiger partial charge in [0.15, 0.2) is 17.9 Å². The Labute approximate surface area is 164 Å². The fourth-order valence-corrected chi connectivity index (χ4v) is 2.61. The van der Waals surface area contributed by atoms with Gasteiger partial charge in [0.05, 0.1) is 24.6 Å². The lowest BCUT2D eigenvalue weighted by Crippen LogP contribution is -2.11. The summed E-state index contributed by atoms with van der Waals surface area (Å²) in [5.41, 5.74) is 1.06. The zero-order valence-electron chi connectivity index (χ0n) is 16.3. The highest BCUT2D eigenvalue weighted by Gasteiger charge is 2.13. The average molecular weight is 387 g/mol. The van der Waals surface area contributed by atoms with Gasteiger partial charge in [0, 0.05) is 19.2 Å². The molecule has 0 fully saturated rings. The number of ether oxygens (including phenoxy) is 1. The molecule has 0 aliphatic rings. The van der Waals surface area contributed by atoms with Crippen LogP contribution in [-0.4, -0.2) is 53.1 Å². The Balaban J connectivity index is 2.24. The van der Waals surface area contributed by atoms with Crippen LogP contribution in [0.15, 0.2) is 30.7 Å². The van der Waals surface area contributed by atoms with Crippen molar-refractivity contribution in [3.8, 4) is 17.1 Å². The van der Waals surface area contributed by atoms with Crippen molar-refractivity contribution >= 4 is 12.4 Å². The molecule has 28 heavy (non-hydrogen) atoms. The Bertz CT molecular complexity index is 794. The number of nitrogens with zero attached hydrogens (tertiary/aromatic N) is 3. The number of carbonyl (C=O) groups excluding carboxylic acids is 1. The summed E-state index contributed by atoms with van der Waals surface area (Å²) < 4.78 is 19.7. The number of benzene rings is 1. The number of aldehydes is 1. The minimum absolute atomic E-state index is 0.119. The zero-order valence-corrected chi connectivity index (χ0v) is 16.3. The van der Waals surface area contributed by atoms with Crippen molar-refractivity contribution in [1.82, 2.24) is 14.9 Å². The number of halogens is 1. The maximum atomic E-state index is 14.5. The second-order valence-electron chi connectivity index (χ2n) is 6.40. The normalized spacial score (nSPS) is 11.0. The molecule has 0 atom stereocenters. The average Bonchev–Trinajstić information content (AvgIpc) is 2.71. The van der Waals surface area contributed by atoms with E-state index < -0.39 is 5.82 Å². The molecule has 0 radical (unpaired) electrons. The van der Waals surface area contributed by atoms with Crippen LogP contribution in [0.25, 0.3) is 17.5 Å². The molecular weight excluding hydrogens is 361 g/mol. The topological polar surface area (TPSA) is 75.6 Å². The Hall–Kier alpha value is -2.80. The fraction of sp³-hybridized carbons (Fsp3) is 0.381. The lowest BCUT2D eigenvalue weighted by molar-refractivity contribution is 0.112. The van der Waals surface area contributed by atoms with E-state index in [1.807, 2.05) is 18.1 Å².